The van der Waals surface area contributed by atoms with Gasteiger partial charge in [-0.15, -0.1) is 0 Å². The highest BCUT2D eigenvalue weighted by Crippen LogP contribution is 2.30. The van der Waals surface area contributed by atoms with E-state index in [2.05, 4.69) is 10.1 Å². The highest BCUT2D eigenvalue weighted by Gasteiger charge is 2.29. The molecule has 198 valence electrons. The van der Waals surface area contributed by atoms with Gasteiger partial charge in [0.25, 0.3) is 10.0 Å². The van der Waals surface area contributed by atoms with Crippen LogP contribution in [0.25, 0.3) is 16.6 Å². The minimum Gasteiger partial charge on any atom is -0.439 e. The number of nitrogens with two attached hydrogens (primary N) is 1. The fourth-order valence-electron chi connectivity index (χ4n) is 4.42. The maximum absolute atomic E-state index is 13.8. The van der Waals surface area contributed by atoms with Crippen molar-refractivity contribution in [3.05, 3.63) is 126 Å². The Kier molecular flexibility index (Phi) is 6.16. The Bertz CT molecular complexity index is 1960. The zero-order valence-corrected chi connectivity index (χ0v) is 22.1. The maximum atomic E-state index is 13.8. The molecular formula is C30H23N5O4S. The second kappa shape index (κ2) is 9.83. The monoisotopic (exact) mass is 549 g/mol. The molecule has 0 saturated heterocycles. The number of rotatable bonds is 7. The van der Waals surface area contributed by atoms with Crippen molar-refractivity contribution in [3.63, 3.8) is 0 Å². The summed E-state index contributed by atoms with van der Waals surface area (Å²) in [5.41, 5.74) is 8.35. The molecule has 9 nitrogen and oxygen atoms in total. The summed E-state index contributed by atoms with van der Waals surface area (Å²) in [5, 5.41) is 4.93. The Labute approximate surface area is 230 Å². The average molecular weight is 550 g/mol. The number of ether oxygens (including phenoxy) is 1. The van der Waals surface area contributed by atoms with Gasteiger partial charge in [-0.25, -0.2) is 22.1 Å². The molecule has 0 amide bonds. The van der Waals surface area contributed by atoms with Crippen LogP contribution in [-0.4, -0.2) is 32.9 Å². The molecule has 40 heavy (non-hydrogen) atoms. The topological polar surface area (TPSA) is 122 Å². The summed E-state index contributed by atoms with van der Waals surface area (Å²) in [5.74, 6) is 0.534. The van der Waals surface area contributed by atoms with Crippen molar-refractivity contribution in [1.82, 2.24) is 18.7 Å². The van der Waals surface area contributed by atoms with Crippen LogP contribution in [0, 0.1) is 6.92 Å². The molecule has 3 aromatic heterocycles. The van der Waals surface area contributed by atoms with E-state index in [4.69, 9.17) is 10.5 Å². The van der Waals surface area contributed by atoms with Crippen molar-refractivity contribution < 1.29 is 17.9 Å². The summed E-state index contributed by atoms with van der Waals surface area (Å²) < 4.78 is 35.8. The summed E-state index contributed by atoms with van der Waals surface area (Å²) >= 11 is 0. The minimum atomic E-state index is -4.10. The van der Waals surface area contributed by atoms with Crippen LogP contribution >= 0.6 is 0 Å². The smallest absolute Gasteiger partial charge is 0.268 e. The van der Waals surface area contributed by atoms with Gasteiger partial charge in [0.15, 0.2) is 0 Å². The zero-order valence-electron chi connectivity index (χ0n) is 21.3. The summed E-state index contributed by atoms with van der Waals surface area (Å²) in [7, 11) is -4.10. The fraction of sp³-hybridized carbons (Fsp3) is 0.0333. The molecule has 0 aliphatic heterocycles. The van der Waals surface area contributed by atoms with E-state index in [0.29, 0.717) is 28.2 Å². The first-order valence-electron chi connectivity index (χ1n) is 12.3. The van der Waals surface area contributed by atoms with E-state index in [1.54, 1.807) is 85.1 Å². The molecule has 0 fully saturated rings. The molecule has 0 saturated carbocycles. The molecule has 0 aliphatic carbocycles. The number of nitrogen functional groups attached to an aromatic ring is 1. The van der Waals surface area contributed by atoms with Crippen LogP contribution in [0.1, 0.15) is 21.6 Å². The number of fused-ring (bicyclic) bond motifs is 1. The predicted octanol–water partition coefficient (Wildman–Crippen LogP) is 5.37. The average Bonchev–Trinajstić information content (AvgIpc) is 3.55. The van der Waals surface area contributed by atoms with E-state index in [0.717, 1.165) is 9.54 Å². The van der Waals surface area contributed by atoms with Gasteiger partial charge in [-0.05, 0) is 61.5 Å². The first kappa shape index (κ1) is 25.1. The van der Waals surface area contributed by atoms with Crippen molar-refractivity contribution in [3.8, 4) is 17.3 Å². The summed E-state index contributed by atoms with van der Waals surface area (Å²) in [4.78, 5) is 18.1. The molecular weight excluding hydrogens is 526 g/mol. The molecule has 2 N–H and O–H groups in total. The number of ketones is 1. The zero-order chi connectivity index (χ0) is 27.9. The van der Waals surface area contributed by atoms with Gasteiger partial charge in [0, 0.05) is 17.6 Å². The molecule has 3 heterocycles. The number of carbonyl (C=O) groups excluding carboxylic acids is 1. The van der Waals surface area contributed by atoms with E-state index < -0.39 is 15.8 Å². The fourth-order valence-corrected chi connectivity index (χ4v) is 5.93. The van der Waals surface area contributed by atoms with Gasteiger partial charge in [0.2, 0.25) is 11.7 Å². The van der Waals surface area contributed by atoms with Crippen molar-refractivity contribution in [2.24, 2.45) is 0 Å². The number of pyridine rings is 1. The highest BCUT2D eigenvalue weighted by atomic mass is 32.2. The van der Waals surface area contributed by atoms with Crippen molar-refractivity contribution in [2.45, 2.75) is 11.8 Å². The largest absolute Gasteiger partial charge is 0.439 e. The molecule has 0 aliphatic rings. The Morgan fingerprint density at radius 2 is 1.62 bits per heavy atom. The van der Waals surface area contributed by atoms with Crippen LogP contribution in [0.15, 0.2) is 114 Å². The summed E-state index contributed by atoms with van der Waals surface area (Å²) in [6.07, 6.45) is 2.98. The second-order valence-electron chi connectivity index (χ2n) is 9.12. The molecule has 0 atom stereocenters. The van der Waals surface area contributed by atoms with Crippen LogP contribution in [0.3, 0.4) is 0 Å². The Morgan fingerprint density at radius 1 is 0.900 bits per heavy atom. The number of aryl methyl sites for hydroxylation is 1. The van der Waals surface area contributed by atoms with E-state index in [1.165, 1.54) is 23.0 Å². The van der Waals surface area contributed by atoms with Gasteiger partial charge in [-0.2, -0.15) is 5.10 Å². The number of hydrogen-bond acceptors (Lipinski definition) is 7. The molecule has 3 aromatic carbocycles. The molecule has 0 bridgehead atoms. The Morgan fingerprint density at radius 3 is 2.35 bits per heavy atom. The normalized spacial score (nSPS) is 11.5. The number of para-hydroxylation sites is 1. The van der Waals surface area contributed by atoms with E-state index in [1.807, 2.05) is 13.0 Å². The third-order valence-corrected chi connectivity index (χ3v) is 8.19. The molecule has 0 spiro atoms. The third kappa shape index (κ3) is 4.40. The van der Waals surface area contributed by atoms with Crippen LogP contribution in [0.4, 0.5) is 5.82 Å². The second-order valence-corrected chi connectivity index (χ2v) is 10.9. The van der Waals surface area contributed by atoms with Crippen LogP contribution in [-0.2, 0) is 10.0 Å². The highest BCUT2D eigenvalue weighted by molar-refractivity contribution is 7.90. The van der Waals surface area contributed by atoms with Gasteiger partial charge in [-0.3, -0.25) is 4.79 Å². The number of carbonyl (C=O) groups is 1. The first-order chi connectivity index (χ1) is 19.3. The lowest BCUT2D eigenvalue weighted by molar-refractivity contribution is 0.103. The van der Waals surface area contributed by atoms with E-state index in [9.17, 15) is 13.2 Å². The van der Waals surface area contributed by atoms with Gasteiger partial charge >= 0.3 is 0 Å². The Balaban J connectivity index is 1.38. The van der Waals surface area contributed by atoms with Crippen molar-refractivity contribution in [1.29, 1.82) is 0 Å². The number of nitrogens with zero attached hydrogens (tertiary/aromatic N) is 4. The molecule has 10 heteroatoms. The lowest BCUT2D eigenvalue weighted by Crippen LogP contribution is -2.19. The molecule has 0 unspecified atom stereocenters. The van der Waals surface area contributed by atoms with Crippen molar-refractivity contribution in [2.75, 3.05) is 5.73 Å². The minimum absolute atomic E-state index is 0.0351. The Hall–Kier alpha value is -5.22. The summed E-state index contributed by atoms with van der Waals surface area (Å²) in [6, 6.07) is 27.3. The lowest BCUT2D eigenvalue weighted by atomic mass is 10.1. The quantitative estimate of drug-likeness (QED) is 0.266. The standard InChI is InChI=1S/C30H23N5O4S/c1-20-9-15-24(16-10-20)40(37,38)35-26-7-3-2-6-21(26)18-27(35)29(36)25-19-33-34(30(25)31)22-11-13-23(14-12-22)39-28-8-4-5-17-32-28/h2-19H,31H2,1H3. The molecule has 6 aromatic rings. The van der Waals surface area contributed by atoms with Crippen LogP contribution in [0.2, 0.25) is 0 Å². The molecule has 0 radical (unpaired) electrons. The van der Waals surface area contributed by atoms with E-state index >= 15 is 0 Å². The number of aromatic nitrogens is 4. The van der Waals surface area contributed by atoms with Gasteiger partial charge in [-0.1, -0.05) is 42.0 Å². The van der Waals surface area contributed by atoms with Crippen molar-refractivity contribution >= 4 is 32.5 Å². The van der Waals surface area contributed by atoms with Crippen LogP contribution < -0.4 is 10.5 Å². The number of hydrogen-bond donors (Lipinski definition) is 1. The number of anilines is 1. The van der Waals surface area contributed by atoms with Gasteiger partial charge in [0.05, 0.1) is 27.9 Å². The first-order valence-corrected chi connectivity index (χ1v) is 13.8. The lowest BCUT2D eigenvalue weighted by Gasteiger charge is -2.12. The SMILES string of the molecule is Cc1ccc(S(=O)(=O)n2c(C(=O)c3cnn(-c4ccc(Oc5ccccn5)cc4)c3N)cc3ccccc32)cc1. The van der Waals surface area contributed by atoms with Gasteiger partial charge < -0.3 is 10.5 Å². The van der Waals surface area contributed by atoms with Gasteiger partial charge in [0.1, 0.15) is 17.3 Å². The number of benzene rings is 3. The predicted molar refractivity (Wildman–Crippen MR) is 151 cm³/mol. The molecule has 6 rings (SSSR count). The summed E-state index contributed by atoms with van der Waals surface area (Å²) in [6.45, 7) is 1.87. The third-order valence-electron chi connectivity index (χ3n) is 6.45. The van der Waals surface area contributed by atoms with Crippen LogP contribution in [0.5, 0.6) is 11.6 Å². The maximum Gasteiger partial charge on any atom is 0.268 e. The van der Waals surface area contributed by atoms with E-state index in [-0.39, 0.29) is 22.0 Å².